The second-order valence-electron chi connectivity index (χ2n) is 4.82. The van der Waals surface area contributed by atoms with Crippen LogP contribution in [0.15, 0.2) is 23.8 Å². The molecule has 0 bridgehead atoms. The zero-order valence-electron chi connectivity index (χ0n) is 9.65. The fourth-order valence-corrected chi connectivity index (χ4v) is 1.31. The molecule has 1 atom stereocenters. The molecule has 2 N–H and O–H groups in total. The average Bonchev–Trinajstić information content (AvgIpc) is 2.07. The van der Waals surface area contributed by atoms with Crippen LogP contribution in [0.3, 0.4) is 0 Å². The third-order valence-electron chi connectivity index (χ3n) is 2.31. The molecule has 1 unspecified atom stereocenters. The number of allylic oxidation sites excluding steroid dienone is 2. The molecule has 0 saturated carbocycles. The lowest BCUT2D eigenvalue weighted by Gasteiger charge is -2.23. The first kappa shape index (κ1) is 12.8. The Morgan fingerprint density at radius 3 is 2.50 bits per heavy atom. The highest BCUT2D eigenvalue weighted by atomic mass is 16.3. The van der Waals surface area contributed by atoms with Crippen LogP contribution in [0.4, 0.5) is 0 Å². The molecule has 1 aliphatic carbocycles. The minimum absolute atomic E-state index is 0.214. The molecule has 88 valence electrons. The van der Waals surface area contributed by atoms with Gasteiger partial charge in [0.15, 0.2) is 11.6 Å². The van der Waals surface area contributed by atoms with Crippen molar-refractivity contribution >= 4 is 11.6 Å². The van der Waals surface area contributed by atoms with Crippen LogP contribution in [0.2, 0.25) is 0 Å². The van der Waals surface area contributed by atoms with Crippen molar-refractivity contribution in [2.45, 2.75) is 38.4 Å². The van der Waals surface area contributed by atoms with E-state index in [1.165, 1.54) is 19.1 Å². The van der Waals surface area contributed by atoms with Crippen LogP contribution in [-0.2, 0) is 9.59 Å². The number of Topliss-reactive ketones (excluding diaryl/α,β-unsaturated/α-hetero) is 1. The second-order valence-corrected chi connectivity index (χ2v) is 4.82. The molecule has 16 heavy (non-hydrogen) atoms. The SMILES string of the molecule is CC(C)(O)C=CC1=CC(=O)C(C)(O)CC1=O. The van der Waals surface area contributed by atoms with Gasteiger partial charge in [0.25, 0.3) is 0 Å². The van der Waals surface area contributed by atoms with Gasteiger partial charge in [-0.25, -0.2) is 0 Å². The molecule has 0 fully saturated rings. The van der Waals surface area contributed by atoms with Gasteiger partial charge in [-0.2, -0.15) is 0 Å². The number of hydrogen-bond acceptors (Lipinski definition) is 4. The maximum absolute atomic E-state index is 11.6. The second kappa shape index (κ2) is 3.96. The number of hydrogen-bond donors (Lipinski definition) is 2. The Bertz CT molecular complexity index is 380. The van der Waals surface area contributed by atoms with Crippen LogP contribution in [0.1, 0.15) is 27.2 Å². The van der Waals surface area contributed by atoms with Gasteiger partial charge < -0.3 is 10.2 Å². The predicted octanol–water partition coefficient (Wildman–Crippen LogP) is 0.533. The Balaban J connectivity index is 2.96. The van der Waals surface area contributed by atoms with E-state index >= 15 is 0 Å². The van der Waals surface area contributed by atoms with E-state index in [1.807, 2.05) is 0 Å². The van der Waals surface area contributed by atoms with Gasteiger partial charge >= 0.3 is 0 Å². The molecule has 0 radical (unpaired) electrons. The van der Waals surface area contributed by atoms with E-state index in [1.54, 1.807) is 13.8 Å². The Kier molecular flexibility index (Phi) is 3.17. The van der Waals surface area contributed by atoms with E-state index in [0.29, 0.717) is 0 Å². The first-order chi connectivity index (χ1) is 7.12. The number of ketones is 2. The van der Waals surface area contributed by atoms with Crippen molar-refractivity contribution in [1.29, 1.82) is 0 Å². The van der Waals surface area contributed by atoms with Gasteiger partial charge in [0.1, 0.15) is 5.60 Å². The molecule has 0 amide bonds. The van der Waals surface area contributed by atoms with Gasteiger partial charge in [-0.1, -0.05) is 12.2 Å². The third-order valence-corrected chi connectivity index (χ3v) is 2.31. The van der Waals surface area contributed by atoms with Crippen molar-refractivity contribution in [2.24, 2.45) is 0 Å². The molecule has 1 aliphatic rings. The predicted molar refractivity (Wildman–Crippen MR) is 58.8 cm³/mol. The first-order valence-electron chi connectivity index (χ1n) is 5.05. The van der Waals surface area contributed by atoms with Crippen molar-refractivity contribution in [2.75, 3.05) is 0 Å². The van der Waals surface area contributed by atoms with E-state index in [0.717, 1.165) is 6.08 Å². The average molecular weight is 224 g/mol. The van der Waals surface area contributed by atoms with Crippen LogP contribution in [0.25, 0.3) is 0 Å². The van der Waals surface area contributed by atoms with Crippen LogP contribution in [0, 0.1) is 0 Å². The maximum Gasteiger partial charge on any atom is 0.188 e. The van der Waals surface area contributed by atoms with E-state index in [4.69, 9.17) is 0 Å². The highest BCUT2D eigenvalue weighted by Gasteiger charge is 2.36. The van der Waals surface area contributed by atoms with Crippen LogP contribution >= 0.6 is 0 Å². The van der Waals surface area contributed by atoms with Crippen LogP contribution in [0.5, 0.6) is 0 Å². The largest absolute Gasteiger partial charge is 0.386 e. The van der Waals surface area contributed by atoms with E-state index in [9.17, 15) is 19.8 Å². The summed E-state index contributed by atoms with van der Waals surface area (Å²) in [4.78, 5) is 23.0. The maximum atomic E-state index is 11.6. The lowest BCUT2D eigenvalue weighted by Crippen LogP contribution is -2.40. The van der Waals surface area contributed by atoms with Crippen LogP contribution < -0.4 is 0 Å². The summed E-state index contributed by atoms with van der Waals surface area (Å²) in [5, 5.41) is 19.0. The van der Waals surface area contributed by atoms with Crippen molar-refractivity contribution < 1.29 is 19.8 Å². The fourth-order valence-electron chi connectivity index (χ4n) is 1.31. The lowest BCUT2D eigenvalue weighted by molar-refractivity contribution is -0.137. The Morgan fingerprint density at radius 1 is 1.44 bits per heavy atom. The summed E-state index contributed by atoms with van der Waals surface area (Å²) in [6.45, 7) is 4.45. The van der Waals surface area contributed by atoms with Gasteiger partial charge in [0.05, 0.1) is 5.60 Å². The summed E-state index contributed by atoms with van der Waals surface area (Å²) in [6.07, 6.45) is 3.75. The molecule has 0 heterocycles. The van der Waals surface area contributed by atoms with E-state index in [-0.39, 0.29) is 17.8 Å². The zero-order valence-corrected chi connectivity index (χ0v) is 9.65. The van der Waals surface area contributed by atoms with Gasteiger partial charge in [-0.3, -0.25) is 9.59 Å². The third kappa shape index (κ3) is 3.12. The highest BCUT2D eigenvalue weighted by molar-refractivity contribution is 6.13. The molecular weight excluding hydrogens is 208 g/mol. The molecule has 4 heteroatoms. The molecular formula is C12H16O4. The normalized spacial score (nSPS) is 27.4. The summed E-state index contributed by atoms with van der Waals surface area (Å²) >= 11 is 0. The van der Waals surface area contributed by atoms with Crippen LogP contribution in [-0.4, -0.2) is 33.0 Å². The lowest BCUT2D eigenvalue weighted by atomic mass is 9.84. The quantitative estimate of drug-likeness (QED) is 0.717. The molecule has 0 aromatic rings. The topological polar surface area (TPSA) is 74.6 Å². The van der Waals surface area contributed by atoms with Gasteiger partial charge in [0, 0.05) is 12.0 Å². The number of aliphatic hydroxyl groups is 2. The monoisotopic (exact) mass is 224 g/mol. The molecule has 0 saturated heterocycles. The fraction of sp³-hybridized carbons (Fsp3) is 0.500. The minimum atomic E-state index is -1.59. The summed E-state index contributed by atoms with van der Waals surface area (Å²) in [6, 6.07) is 0. The zero-order chi connectivity index (χ0) is 12.6. The van der Waals surface area contributed by atoms with E-state index < -0.39 is 17.0 Å². The molecule has 0 spiro atoms. The number of carbonyl (C=O) groups is 2. The summed E-state index contributed by atoms with van der Waals surface area (Å²) in [5.74, 6) is -0.785. The molecule has 0 aromatic heterocycles. The highest BCUT2D eigenvalue weighted by Crippen LogP contribution is 2.22. The summed E-state index contributed by atoms with van der Waals surface area (Å²) in [5.41, 5.74) is -2.41. The molecule has 0 aliphatic heterocycles. The number of carbonyl (C=O) groups excluding carboxylic acids is 2. The molecule has 4 nitrogen and oxygen atoms in total. The Hall–Kier alpha value is -1.26. The standard InChI is InChI=1S/C12H16O4/c1-11(2,15)5-4-8-6-10(14)12(3,16)7-9(8)13/h4-6,15-16H,7H2,1-3H3. The molecule has 1 rings (SSSR count). The van der Waals surface area contributed by atoms with Gasteiger partial charge in [-0.15, -0.1) is 0 Å². The molecule has 0 aromatic carbocycles. The van der Waals surface area contributed by atoms with Crippen molar-refractivity contribution in [3.8, 4) is 0 Å². The van der Waals surface area contributed by atoms with Gasteiger partial charge in [0.2, 0.25) is 0 Å². The minimum Gasteiger partial charge on any atom is -0.386 e. The Morgan fingerprint density at radius 2 is 2.00 bits per heavy atom. The summed E-state index contributed by atoms with van der Waals surface area (Å²) < 4.78 is 0. The van der Waals surface area contributed by atoms with Crippen molar-refractivity contribution in [1.82, 2.24) is 0 Å². The van der Waals surface area contributed by atoms with Crippen molar-refractivity contribution in [3.63, 3.8) is 0 Å². The number of rotatable bonds is 2. The van der Waals surface area contributed by atoms with Crippen molar-refractivity contribution in [3.05, 3.63) is 23.8 Å². The smallest absolute Gasteiger partial charge is 0.188 e. The van der Waals surface area contributed by atoms with Gasteiger partial charge in [-0.05, 0) is 26.8 Å². The summed E-state index contributed by atoms with van der Waals surface area (Å²) in [7, 11) is 0. The Labute approximate surface area is 94.3 Å². The van der Waals surface area contributed by atoms with E-state index in [2.05, 4.69) is 0 Å². The first-order valence-corrected chi connectivity index (χ1v) is 5.05.